The molecular formula is C19H23FN6O2S. The van der Waals surface area contributed by atoms with Gasteiger partial charge in [-0.05, 0) is 67.2 Å². The summed E-state index contributed by atoms with van der Waals surface area (Å²) in [6, 6.07) is 9.30. The van der Waals surface area contributed by atoms with Crippen LogP contribution in [0.3, 0.4) is 0 Å². The van der Waals surface area contributed by atoms with Crippen molar-refractivity contribution < 1.29 is 12.8 Å². The van der Waals surface area contributed by atoms with E-state index in [1.807, 2.05) is 0 Å². The minimum absolute atomic E-state index is 0.138. The Bertz CT molecular complexity index is 968. The number of hydrogen-bond acceptors (Lipinski definition) is 5. The van der Waals surface area contributed by atoms with Crippen molar-refractivity contribution in [1.29, 1.82) is 0 Å². The first kappa shape index (κ1) is 21.2. The van der Waals surface area contributed by atoms with E-state index in [0.29, 0.717) is 36.7 Å². The van der Waals surface area contributed by atoms with E-state index in [2.05, 4.69) is 24.6 Å². The lowest BCUT2D eigenvalue weighted by Gasteiger charge is -2.31. The third kappa shape index (κ3) is 5.74. The molecule has 8 nitrogen and oxygen atoms in total. The zero-order valence-corrected chi connectivity index (χ0v) is 16.7. The Morgan fingerprint density at radius 1 is 1.24 bits per heavy atom. The van der Waals surface area contributed by atoms with Crippen molar-refractivity contribution in [2.24, 2.45) is 11.0 Å². The number of aromatic nitrogens is 1. The molecule has 1 aliphatic heterocycles. The highest BCUT2D eigenvalue weighted by Gasteiger charge is 2.19. The van der Waals surface area contributed by atoms with Gasteiger partial charge in [-0.3, -0.25) is 0 Å². The smallest absolute Gasteiger partial charge is 0.240 e. The van der Waals surface area contributed by atoms with Crippen LogP contribution in [-0.2, 0) is 10.0 Å². The second-order valence-electron chi connectivity index (χ2n) is 6.96. The van der Waals surface area contributed by atoms with Crippen molar-refractivity contribution >= 4 is 10.0 Å². The average molecular weight is 418 g/mol. The molecule has 0 bridgehead atoms. The van der Waals surface area contributed by atoms with Crippen LogP contribution in [0.4, 0.5) is 4.39 Å². The standard InChI is InChI=1S/C19H23FN6O2S/c20-19-18(2-1-9-22-19)16-3-5-17(6-4-16)29(27,28)24-10-13-26-11-7-15(8-12-26)14-23-25-21/h1-6,9,15,24H,7-8,10-14H2. The first-order valence-electron chi connectivity index (χ1n) is 9.43. The van der Waals surface area contributed by atoms with Gasteiger partial charge in [-0.1, -0.05) is 17.2 Å². The number of rotatable bonds is 8. The first-order chi connectivity index (χ1) is 14.0. The maximum absolute atomic E-state index is 13.8. The topological polar surface area (TPSA) is 111 Å². The normalized spacial score (nSPS) is 15.8. The highest BCUT2D eigenvalue weighted by molar-refractivity contribution is 7.89. The molecule has 29 heavy (non-hydrogen) atoms. The molecule has 2 heterocycles. The Labute approximate surface area is 169 Å². The molecule has 1 fully saturated rings. The summed E-state index contributed by atoms with van der Waals surface area (Å²) in [5.74, 6) is -0.188. The fourth-order valence-electron chi connectivity index (χ4n) is 3.38. The van der Waals surface area contributed by atoms with Crippen molar-refractivity contribution in [2.75, 3.05) is 32.7 Å². The molecule has 0 unspecified atom stereocenters. The van der Waals surface area contributed by atoms with E-state index < -0.39 is 16.0 Å². The summed E-state index contributed by atoms with van der Waals surface area (Å²) in [5, 5.41) is 3.62. The minimum Gasteiger partial charge on any atom is -0.302 e. The Balaban J connectivity index is 1.51. The number of azide groups is 1. The van der Waals surface area contributed by atoms with Gasteiger partial charge >= 0.3 is 0 Å². The highest BCUT2D eigenvalue weighted by Crippen LogP contribution is 2.23. The first-order valence-corrected chi connectivity index (χ1v) is 10.9. The van der Waals surface area contributed by atoms with Crippen LogP contribution < -0.4 is 4.72 Å². The highest BCUT2D eigenvalue weighted by atomic mass is 32.2. The van der Waals surface area contributed by atoms with Crippen LogP contribution in [0.1, 0.15) is 12.8 Å². The van der Waals surface area contributed by atoms with E-state index in [0.717, 1.165) is 25.9 Å². The lowest BCUT2D eigenvalue weighted by atomic mass is 9.97. The Kier molecular flexibility index (Phi) is 7.16. The zero-order chi connectivity index (χ0) is 20.7. The Morgan fingerprint density at radius 3 is 2.62 bits per heavy atom. The van der Waals surface area contributed by atoms with Gasteiger partial charge in [-0.15, -0.1) is 0 Å². The van der Waals surface area contributed by atoms with Crippen molar-refractivity contribution in [3.63, 3.8) is 0 Å². The molecule has 1 aromatic heterocycles. The van der Waals surface area contributed by atoms with Crippen LogP contribution in [0.2, 0.25) is 0 Å². The van der Waals surface area contributed by atoms with E-state index >= 15 is 0 Å². The molecule has 0 saturated carbocycles. The molecular weight excluding hydrogens is 395 g/mol. The molecule has 0 aliphatic carbocycles. The van der Waals surface area contributed by atoms with Crippen LogP contribution in [0, 0.1) is 11.9 Å². The minimum atomic E-state index is -3.63. The van der Waals surface area contributed by atoms with E-state index in [9.17, 15) is 12.8 Å². The second kappa shape index (κ2) is 9.80. The van der Waals surface area contributed by atoms with E-state index in [1.54, 1.807) is 24.3 Å². The summed E-state index contributed by atoms with van der Waals surface area (Å²) in [5.41, 5.74) is 9.28. The fraction of sp³-hybridized carbons (Fsp3) is 0.421. The number of pyridine rings is 1. The van der Waals surface area contributed by atoms with Crippen LogP contribution in [0.15, 0.2) is 52.6 Å². The fourth-order valence-corrected chi connectivity index (χ4v) is 4.40. The number of nitrogens with one attached hydrogen (secondary N) is 1. The summed E-state index contributed by atoms with van der Waals surface area (Å²) in [6.45, 7) is 3.17. The molecule has 1 aromatic carbocycles. The lowest BCUT2D eigenvalue weighted by Crippen LogP contribution is -2.40. The molecule has 10 heteroatoms. The Morgan fingerprint density at radius 2 is 1.97 bits per heavy atom. The van der Waals surface area contributed by atoms with E-state index in [-0.39, 0.29) is 4.90 Å². The number of likely N-dealkylation sites (tertiary alicyclic amines) is 1. The molecule has 1 saturated heterocycles. The van der Waals surface area contributed by atoms with Crippen LogP contribution in [-0.4, -0.2) is 51.0 Å². The molecule has 0 amide bonds. The molecule has 154 valence electrons. The number of hydrogen-bond donors (Lipinski definition) is 1. The predicted octanol–water partition coefficient (Wildman–Crippen LogP) is 3.19. The third-order valence-corrected chi connectivity index (χ3v) is 6.54. The number of benzene rings is 1. The summed E-state index contributed by atoms with van der Waals surface area (Å²) in [4.78, 5) is 8.74. The van der Waals surface area contributed by atoms with Gasteiger partial charge in [-0.25, -0.2) is 18.1 Å². The number of sulfonamides is 1. The largest absolute Gasteiger partial charge is 0.302 e. The maximum Gasteiger partial charge on any atom is 0.240 e. The number of halogens is 1. The van der Waals surface area contributed by atoms with Crippen molar-refractivity contribution in [3.05, 3.63) is 59.0 Å². The van der Waals surface area contributed by atoms with Crippen molar-refractivity contribution in [1.82, 2.24) is 14.6 Å². The Hall–Kier alpha value is -2.52. The third-order valence-electron chi connectivity index (χ3n) is 5.07. The van der Waals surface area contributed by atoms with Crippen molar-refractivity contribution in [2.45, 2.75) is 17.7 Å². The van der Waals surface area contributed by atoms with Gasteiger partial charge in [-0.2, -0.15) is 4.39 Å². The van der Waals surface area contributed by atoms with Crippen LogP contribution >= 0.6 is 0 Å². The molecule has 2 aromatic rings. The molecule has 1 N–H and O–H groups in total. The van der Waals surface area contributed by atoms with Gasteiger partial charge in [0.2, 0.25) is 16.0 Å². The summed E-state index contributed by atoms with van der Waals surface area (Å²) in [6.07, 6.45) is 3.25. The molecule has 1 aliphatic rings. The average Bonchev–Trinajstić information content (AvgIpc) is 2.73. The SMILES string of the molecule is [N-]=[N+]=NCC1CCN(CCNS(=O)(=O)c2ccc(-c3cccnc3F)cc2)CC1. The van der Waals surface area contributed by atoms with Gasteiger partial charge in [0.05, 0.1) is 4.90 Å². The number of nitrogens with zero attached hydrogens (tertiary/aromatic N) is 5. The van der Waals surface area contributed by atoms with Crippen molar-refractivity contribution in [3.8, 4) is 11.1 Å². The maximum atomic E-state index is 13.8. The van der Waals surface area contributed by atoms with Crippen LogP contribution in [0.25, 0.3) is 21.6 Å². The summed E-state index contributed by atoms with van der Waals surface area (Å²) < 4.78 is 41.4. The molecule has 3 rings (SSSR count). The van der Waals surface area contributed by atoms with E-state index in [1.165, 1.54) is 18.3 Å². The van der Waals surface area contributed by atoms with Gasteiger partial charge in [0, 0.05) is 36.3 Å². The van der Waals surface area contributed by atoms with Gasteiger partial charge in [0.15, 0.2) is 0 Å². The van der Waals surface area contributed by atoms with Gasteiger partial charge in [0.25, 0.3) is 0 Å². The lowest BCUT2D eigenvalue weighted by molar-refractivity contribution is 0.190. The van der Waals surface area contributed by atoms with Gasteiger partial charge in [0.1, 0.15) is 0 Å². The number of piperidine rings is 1. The summed E-state index contributed by atoms with van der Waals surface area (Å²) in [7, 11) is -3.63. The quantitative estimate of drug-likeness (QED) is 0.307. The van der Waals surface area contributed by atoms with Gasteiger partial charge < -0.3 is 4.90 Å². The predicted molar refractivity (Wildman–Crippen MR) is 108 cm³/mol. The zero-order valence-electron chi connectivity index (χ0n) is 15.9. The van der Waals surface area contributed by atoms with E-state index in [4.69, 9.17) is 5.53 Å². The van der Waals surface area contributed by atoms with Crippen LogP contribution in [0.5, 0.6) is 0 Å². The molecule has 0 radical (unpaired) electrons. The monoisotopic (exact) mass is 418 g/mol. The summed E-state index contributed by atoms with van der Waals surface area (Å²) >= 11 is 0. The molecule has 0 atom stereocenters. The second-order valence-corrected chi connectivity index (χ2v) is 8.73. The molecule has 0 spiro atoms.